The van der Waals surface area contributed by atoms with E-state index in [1.54, 1.807) is 10.7 Å². The second-order valence-electron chi connectivity index (χ2n) is 3.95. The molecule has 0 aliphatic carbocycles. The maximum atomic E-state index is 13.1. The van der Waals surface area contributed by atoms with Gasteiger partial charge in [0.25, 0.3) is 0 Å². The first-order valence-electron chi connectivity index (χ1n) is 5.58. The van der Waals surface area contributed by atoms with Crippen LogP contribution in [-0.2, 0) is 6.54 Å². The lowest BCUT2D eigenvalue weighted by atomic mass is 10.2. The van der Waals surface area contributed by atoms with E-state index in [1.807, 2.05) is 6.20 Å². The van der Waals surface area contributed by atoms with E-state index in [-0.39, 0.29) is 10.6 Å². The summed E-state index contributed by atoms with van der Waals surface area (Å²) in [7, 11) is 0. The van der Waals surface area contributed by atoms with E-state index in [0.29, 0.717) is 17.1 Å². The topological polar surface area (TPSA) is 30.7 Å². The van der Waals surface area contributed by atoms with Crippen molar-refractivity contribution < 1.29 is 4.39 Å². The van der Waals surface area contributed by atoms with Gasteiger partial charge in [0.2, 0.25) is 0 Å². The largest absolute Gasteiger partial charge is 0.248 e. The van der Waals surface area contributed by atoms with E-state index < -0.39 is 0 Å². The molecule has 0 aliphatic heterocycles. The molecule has 1 aromatic heterocycles. The molecule has 0 aliphatic rings. The highest BCUT2D eigenvalue weighted by Gasteiger charge is 2.10. The van der Waals surface area contributed by atoms with Crippen LogP contribution in [0.25, 0.3) is 0 Å². The average Bonchev–Trinajstić information content (AvgIpc) is 2.81. The van der Waals surface area contributed by atoms with Crippen LogP contribution in [0.4, 0.5) is 4.39 Å². The monoisotopic (exact) mass is 331 g/mol. The molecule has 0 N–H and O–H groups in total. The van der Waals surface area contributed by atoms with Crippen LogP contribution in [0.2, 0.25) is 5.02 Å². The van der Waals surface area contributed by atoms with Gasteiger partial charge < -0.3 is 0 Å². The van der Waals surface area contributed by atoms with Crippen LogP contribution < -0.4 is 0 Å². The summed E-state index contributed by atoms with van der Waals surface area (Å²) in [4.78, 5) is 0.189. The number of benzene rings is 1. The fourth-order valence-electron chi connectivity index (χ4n) is 1.58. The van der Waals surface area contributed by atoms with Crippen molar-refractivity contribution >= 4 is 27.5 Å². The maximum Gasteiger partial charge on any atom is 0.123 e. The molecule has 0 saturated heterocycles. The van der Waals surface area contributed by atoms with Crippen molar-refractivity contribution in [1.29, 1.82) is 0 Å². The van der Waals surface area contributed by atoms with Crippen LogP contribution in [0.5, 0.6) is 0 Å². The Morgan fingerprint density at radius 1 is 1.50 bits per heavy atom. The molecule has 2 aromatic rings. The third kappa shape index (κ3) is 3.09. The van der Waals surface area contributed by atoms with Gasteiger partial charge in [-0.1, -0.05) is 39.7 Å². The van der Waals surface area contributed by atoms with Gasteiger partial charge in [-0.2, -0.15) is 0 Å². The van der Waals surface area contributed by atoms with Gasteiger partial charge in [0.1, 0.15) is 5.82 Å². The first-order chi connectivity index (χ1) is 8.60. The molecule has 18 heavy (non-hydrogen) atoms. The minimum Gasteiger partial charge on any atom is -0.248 e. The van der Waals surface area contributed by atoms with E-state index in [0.717, 1.165) is 12.1 Å². The third-order valence-corrected chi connectivity index (χ3v) is 4.06. The molecule has 6 heteroatoms. The lowest BCUT2D eigenvalue weighted by Crippen LogP contribution is -2.01. The molecule has 0 fully saturated rings. The normalized spacial score (nSPS) is 12.7. The van der Waals surface area contributed by atoms with Crippen LogP contribution in [0, 0.1) is 5.82 Å². The molecule has 0 amide bonds. The predicted molar refractivity (Wildman–Crippen MR) is 72.5 cm³/mol. The lowest BCUT2D eigenvalue weighted by molar-refractivity contribution is 0.614. The molecule has 1 unspecified atom stereocenters. The van der Waals surface area contributed by atoms with Crippen LogP contribution in [-0.4, -0.2) is 15.0 Å². The highest BCUT2D eigenvalue weighted by atomic mass is 79.9. The highest BCUT2D eigenvalue weighted by molar-refractivity contribution is 9.09. The van der Waals surface area contributed by atoms with Crippen molar-refractivity contribution in [2.75, 3.05) is 0 Å². The van der Waals surface area contributed by atoms with Crippen molar-refractivity contribution in [3.63, 3.8) is 0 Å². The van der Waals surface area contributed by atoms with Crippen LogP contribution in [0.3, 0.4) is 0 Å². The van der Waals surface area contributed by atoms with E-state index >= 15 is 0 Å². The minimum atomic E-state index is -0.304. The Morgan fingerprint density at radius 2 is 2.28 bits per heavy atom. The minimum absolute atomic E-state index is 0.189. The van der Waals surface area contributed by atoms with Crippen LogP contribution >= 0.6 is 27.5 Å². The molecule has 1 aromatic carbocycles. The average molecular weight is 333 g/mol. The highest BCUT2D eigenvalue weighted by Crippen LogP contribution is 2.24. The Balaban J connectivity index is 2.18. The summed E-state index contributed by atoms with van der Waals surface area (Å²) >= 11 is 9.51. The first-order valence-corrected chi connectivity index (χ1v) is 6.87. The van der Waals surface area contributed by atoms with Gasteiger partial charge in [0, 0.05) is 11.2 Å². The second-order valence-corrected chi connectivity index (χ2v) is 5.47. The number of rotatable bonds is 4. The Labute approximate surface area is 118 Å². The number of hydrogen-bond donors (Lipinski definition) is 0. The molecule has 3 nitrogen and oxygen atoms in total. The molecule has 0 bridgehead atoms. The summed E-state index contributed by atoms with van der Waals surface area (Å²) in [5.41, 5.74) is 1.56. The third-order valence-electron chi connectivity index (χ3n) is 2.58. The maximum absolute atomic E-state index is 13.1. The number of halogens is 3. The van der Waals surface area contributed by atoms with Crippen molar-refractivity contribution in [2.24, 2.45) is 0 Å². The first kappa shape index (κ1) is 13.5. The second kappa shape index (κ2) is 5.80. The molecule has 1 heterocycles. The van der Waals surface area contributed by atoms with E-state index in [1.165, 1.54) is 12.1 Å². The van der Waals surface area contributed by atoms with Gasteiger partial charge in [-0.05, 0) is 30.2 Å². The smallest absolute Gasteiger partial charge is 0.123 e. The molecule has 0 saturated carbocycles. The summed E-state index contributed by atoms with van der Waals surface area (Å²) in [5, 5.41) is 8.60. The van der Waals surface area contributed by atoms with Gasteiger partial charge in [-0.15, -0.1) is 5.10 Å². The number of alkyl halides is 1. The number of aromatic nitrogens is 3. The fourth-order valence-corrected chi connectivity index (χ4v) is 1.97. The molecule has 2 rings (SSSR count). The van der Waals surface area contributed by atoms with Gasteiger partial charge in [-0.3, -0.25) is 0 Å². The number of nitrogens with zero attached hydrogens (tertiary/aromatic N) is 3. The SMILES string of the molecule is CCC(Br)c1cn(Cc2cc(F)ccc2Cl)nn1. The summed E-state index contributed by atoms with van der Waals surface area (Å²) in [6, 6.07) is 4.29. The van der Waals surface area contributed by atoms with Gasteiger partial charge in [0.15, 0.2) is 0 Å². The Morgan fingerprint density at radius 3 is 3.00 bits per heavy atom. The standard InChI is InChI=1S/C12H12BrClFN3/c1-2-10(13)12-7-18(17-16-12)6-8-5-9(15)3-4-11(8)14/h3-5,7,10H,2,6H2,1H3. The van der Waals surface area contributed by atoms with E-state index in [4.69, 9.17) is 11.6 Å². The zero-order valence-corrected chi connectivity index (χ0v) is 12.1. The summed E-state index contributed by atoms with van der Waals surface area (Å²) < 4.78 is 14.8. The number of hydrogen-bond acceptors (Lipinski definition) is 2. The summed E-state index contributed by atoms with van der Waals surface area (Å²) in [5.74, 6) is -0.304. The molecular weight excluding hydrogens is 321 g/mol. The van der Waals surface area contributed by atoms with E-state index in [9.17, 15) is 4.39 Å². The molecule has 96 valence electrons. The van der Waals surface area contributed by atoms with Crippen LogP contribution in [0.1, 0.15) is 29.4 Å². The molecule has 0 radical (unpaired) electrons. The lowest BCUT2D eigenvalue weighted by Gasteiger charge is -2.04. The predicted octanol–water partition coefficient (Wildman–Crippen LogP) is 3.96. The van der Waals surface area contributed by atoms with Gasteiger partial charge >= 0.3 is 0 Å². The molecule has 1 atom stereocenters. The summed E-state index contributed by atoms with van der Waals surface area (Å²) in [6.07, 6.45) is 2.77. The van der Waals surface area contributed by atoms with Crippen molar-refractivity contribution in [3.8, 4) is 0 Å². The summed E-state index contributed by atoms with van der Waals surface area (Å²) in [6.45, 7) is 2.47. The van der Waals surface area contributed by atoms with E-state index in [2.05, 4.69) is 33.2 Å². The zero-order chi connectivity index (χ0) is 13.1. The quantitative estimate of drug-likeness (QED) is 0.793. The Bertz CT molecular complexity index is 544. The Hall–Kier alpha value is -0.940. The van der Waals surface area contributed by atoms with Gasteiger partial charge in [0.05, 0.1) is 17.1 Å². The zero-order valence-electron chi connectivity index (χ0n) is 9.78. The van der Waals surface area contributed by atoms with Crippen LogP contribution in [0.15, 0.2) is 24.4 Å². The van der Waals surface area contributed by atoms with Crippen molar-refractivity contribution in [2.45, 2.75) is 24.7 Å². The fraction of sp³-hybridized carbons (Fsp3) is 0.333. The molecule has 0 spiro atoms. The Kier molecular flexibility index (Phi) is 4.35. The van der Waals surface area contributed by atoms with Crippen molar-refractivity contribution in [3.05, 3.63) is 46.5 Å². The van der Waals surface area contributed by atoms with Crippen molar-refractivity contribution in [1.82, 2.24) is 15.0 Å². The van der Waals surface area contributed by atoms with Gasteiger partial charge in [-0.25, -0.2) is 9.07 Å². The molecular formula is C12H12BrClFN3.